The van der Waals surface area contributed by atoms with Crippen LogP contribution in [-0.2, 0) is 19.6 Å². The van der Waals surface area contributed by atoms with Crippen LogP contribution >= 0.6 is 0 Å². The minimum Gasteiger partial charge on any atom is -0.490 e. The smallest absolute Gasteiger partial charge is 0.337 e. The van der Waals surface area contributed by atoms with Gasteiger partial charge in [-0.1, -0.05) is 13.0 Å². The molecule has 1 aliphatic heterocycles. The predicted molar refractivity (Wildman–Crippen MR) is 164 cm³/mol. The van der Waals surface area contributed by atoms with E-state index in [0.29, 0.717) is 47.1 Å². The molecule has 2 aromatic carbocycles. The largest absolute Gasteiger partial charge is 0.490 e. The third-order valence-electron chi connectivity index (χ3n) is 7.82. The number of anilines is 2. The number of ether oxygens (including phenoxy) is 2. The van der Waals surface area contributed by atoms with Crippen LogP contribution in [0.15, 0.2) is 18.2 Å². The summed E-state index contributed by atoms with van der Waals surface area (Å²) < 4.78 is 39.6. The monoisotopic (exact) mass is 601 g/mol. The Balaban J connectivity index is 2.01. The molecular weight excluding hydrogens is 558 g/mol. The standard InChI is InChI=1S/C31H43N3O7S/c1-17-8-11-21(12-9-17)33-29(35)26-18(2)24(20-10-13-23-22(16-20)32-14-15-40-23)25(19(3)27(26)34-42(7,38)39)28(30(36)37)41-31(4,5)6/h10,13,16-17,21,28,32,34H,8-9,11-12,14-15H2,1-7H3,(H,33,35)(H,36,37). The van der Waals surface area contributed by atoms with Crippen molar-refractivity contribution in [3.63, 3.8) is 0 Å². The number of fused-ring (bicyclic) bond motifs is 1. The Morgan fingerprint density at radius 2 is 1.79 bits per heavy atom. The van der Waals surface area contributed by atoms with Gasteiger partial charge in [0.2, 0.25) is 10.0 Å². The minimum absolute atomic E-state index is 0.0382. The fourth-order valence-electron chi connectivity index (χ4n) is 5.87. The van der Waals surface area contributed by atoms with Crippen molar-refractivity contribution in [2.24, 2.45) is 5.92 Å². The van der Waals surface area contributed by atoms with Crippen LogP contribution in [0.1, 0.15) is 86.5 Å². The topological polar surface area (TPSA) is 143 Å². The zero-order chi connectivity index (χ0) is 31.0. The maximum atomic E-state index is 14.0. The second kappa shape index (κ2) is 12.1. The quantitative estimate of drug-likeness (QED) is 0.315. The van der Waals surface area contributed by atoms with Gasteiger partial charge < -0.3 is 25.2 Å². The lowest BCUT2D eigenvalue weighted by atomic mass is 9.83. The van der Waals surface area contributed by atoms with Crippen molar-refractivity contribution in [3.8, 4) is 16.9 Å². The predicted octanol–water partition coefficient (Wildman–Crippen LogP) is 5.40. The third-order valence-corrected chi connectivity index (χ3v) is 8.39. The van der Waals surface area contributed by atoms with Gasteiger partial charge in [-0.15, -0.1) is 0 Å². The fraction of sp³-hybridized carbons (Fsp3) is 0.548. The van der Waals surface area contributed by atoms with Crippen molar-refractivity contribution < 1.29 is 32.6 Å². The van der Waals surface area contributed by atoms with Crippen LogP contribution in [0.4, 0.5) is 11.4 Å². The first-order valence-corrected chi connectivity index (χ1v) is 16.3. The van der Waals surface area contributed by atoms with Crippen molar-refractivity contribution in [1.82, 2.24) is 5.32 Å². The van der Waals surface area contributed by atoms with Crippen LogP contribution in [0.2, 0.25) is 0 Å². The van der Waals surface area contributed by atoms with Gasteiger partial charge in [-0.05, 0) is 101 Å². The lowest BCUT2D eigenvalue weighted by Crippen LogP contribution is -2.38. The number of carboxylic acids is 1. The van der Waals surface area contributed by atoms with E-state index in [2.05, 4.69) is 22.3 Å². The lowest BCUT2D eigenvalue weighted by Gasteiger charge is -2.32. The number of sulfonamides is 1. The van der Waals surface area contributed by atoms with Crippen LogP contribution in [0.5, 0.6) is 5.75 Å². The number of nitrogens with one attached hydrogen (secondary N) is 3. The van der Waals surface area contributed by atoms with E-state index < -0.39 is 33.6 Å². The van der Waals surface area contributed by atoms with Gasteiger partial charge in [0.25, 0.3) is 5.91 Å². The highest BCUT2D eigenvalue weighted by atomic mass is 32.2. The summed E-state index contributed by atoms with van der Waals surface area (Å²) >= 11 is 0. The van der Waals surface area contributed by atoms with Gasteiger partial charge >= 0.3 is 5.97 Å². The van der Waals surface area contributed by atoms with E-state index in [4.69, 9.17) is 9.47 Å². The molecule has 11 heteroatoms. The molecular formula is C31H43N3O7S. The Morgan fingerprint density at radius 1 is 1.12 bits per heavy atom. The summed E-state index contributed by atoms with van der Waals surface area (Å²) in [5, 5.41) is 16.9. The summed E-state index contributed by atoms with van der Waals surface area (Å²) in [5.74, 6) is -0.376. The van der Waals surface area contributed by atoms with Gasteiger partial charge in [0.15, 0.2) is 6.10 Å². The first-order chi connectivity index (χ1) is 19.6. The Labute approximate surface area is 248 Å². The summed E-state index contributed by atoms with van der Waals surface area (Å²) in [5.41, 5.74) is 2.30. The van der Waals surface area contributed by atoms with E-state index in [0.717, 1.165) is 37.6 Å². The molecule has 4 rings (SSSR count). The SMILES string of the molecule is Cc1c(C(=O)NC2CCC(C)CC2)c(NS(C)(=O)=O)c(C)c(C(OC(C)(C)C)C(=O)O)c1-c1ccc2c(c1)NCCO2. The Morgan fingerprint density at radius 3 is 2.38 bits per heavy atom. The highest BCUT2D eigenvalue weighted by Crippen LogP contribution is 2.45. The molecule has 4 N–H and O–H groups in total. The van der Waals surface area contributed by atoms with Crippen LogP contribution in [0.3, 0.4) is 0 Å². The maximum absolute atomic E-state index is 14.0. The van der Waals surface area contributed by atoms with Crippen molar-refractivity contribution in [1.29, 1.82) is 0 Å². The summed E-state index contributed by atoms with van der Waals surface area (Å²) in [6.45, 7) is 12.0. The fourth-order valence-corrected chi connectivity index (χ4v) is 6.49. The first-order valence-electron chi connectivity index (χ1n) is 14.4. The molecule has 42 heavy (non-hydrogen) atoms. The van der Waals surface area contributed by atoms with Crippen molar-refractivity contribution in [2.75, 3.05) is 29.4 Å². The van der Waals surface area contributed by atoms with Crippen LogP contribution in [0, 0.1) is 19.8 Å². The molecule has 1 fully saturated rings. The summed E-state index contributed by atoms with van der Waals surface area (Å²) in [4.78, 5) is 26.8. The maximum Gasteiger partial charge on any atom is 0.337 e. The van der Waals surface area contributed by atoms with Gasteiger partial charge in [0, 0.05) is 18.2 Å². The second-order valence-electron chi connectivity index (χ2n) is 12.5. The summed E-state index contributed by atoms with van der Waals surface area (Å²) in [6, 6.07) is 5.45. The number of amides is 1. The average molecular weight is 602 g/mol. The van der Waals surface area contributed by atoms with E-state index in [9.17, 15) is 23.1 Å². The van der Waals surface area contributed by atoms with Gasteiger partial charge in [-0.3, -0.25) is 9.52 Å². The molecule has 0 spiro atoms. The summed E-state index contributed by atoms with van der Waals surface area (Å²) in [6.07, 6.45) is 3.22. The molecule has 1 atom stereocenters. The molecule has 1 saturated carbocycles. The third kappa shape index (κ3) is 7.18. The lowest BCUT2D eigenvalue weighted by molar-refractivity contribution is -0.160. The van der Waals surface area contributed by atoms with Crippen molar-refractivity contribution in [3.05, 3.63) is 40.5 Å². The molecule has 1 aliphatic carbocycles. The molecule has 230 valence electrons. The number of benzene rings is 2. The number of rotatable bonds is 8. The molecule has 2 aliphatic rings. The molecule has 0 radical (unpaired) electrons. The normalized spacial score (nSPS) is 19.6. The Bertz CT molecular complexity index is 1470. The van der Waals surface area contributed by atoms with E-state index in [1.54, 1.807) is 40.7 Å². The van der Waals surface area contributed by atoms with Crippen molar-refractivity contribution in [2.45, 2.75) is 85.0 Å². The number of aliphatic carboxylic acids is 1. The van der Waals surface area contributed by atoms with Crippen LogP contribution in [0.25, 0.3) is 11.1 Å². The molecule has 1 amide bonds. The molecule has 1 heterocycles. The molecule has 0 aromatic heterocycles. The number of hydrogen-bond donors (Lipinski definition) is 4. The van der Waals surface area contributed by atoms with Gasteiger partial charge in [-0.25, -0.2) is 13.2 Å². The second-order valence-corrected chi connectivity index (χ2v) is 14.3. The Hall–Kier alpha value is -3.31. The zero-order valence-corrected chi connectivity index (χ0v) is 26.3. The highest BCUT2D eigenvalue weighted by molar-refractivity contribution is 7.92. The molecule has 0 bridgehead atoms. The van der Waals surface area contributed by atoms with E-state index in [-0.39, 0.29) is 22.9 Å². The van der Waals surface area contributed by atoms with E-state index in [1.165, 1.54) is 0 Å². The van der Waals surface area contributed by atoms with Crippen LogP contribution < -0.4 is 20.1 Å². The van der Waals surface area contributed by atoms with Crippen LogP contribution in [-0.4, -0.2) is 56.5 Å². The zero-order valence-electron chi connectivity index (χ0n) is 25.5. The molecule has 10 nitrogen and oxygen atoms in total. The van der Waals surface area contributed by atoms with Gasteiger partial charge in [-0.2, -0.15) is 0 Å². The van der Waals surface area contributed by atoms with Crippen molar-refractivity contribution >= 4 is 33.3 Å². The average Bonchev–Trinajstić information content (AvgIpc) is 2.89. The first kappa shape index (κ1) is 31.6. The molecule has 0 saturated heterocycles. The van der Waals surface area contributed by atoms with E-state index >= 15 is 0 Å². The number of carbonyl (C=O) groups excluding carboxylic acids is 1. The van der Waals surface area contributed by atoms with Gasteiger partial charge in [0.1, 0.15) is 12.4 Å². The number of carboxylic acid groups (broad SMARTS) is 1. The minimum atomic E-state index is -3.84. The molecule has 1 unspecified atom stereocenters. The highest BCUT2D eigenvalue weighted by Gasteiger charge is 2.36. The summed E-state index contributed by atoms with van der Waals surface area (Å²) in [7, 11) is -3.84. The van der Waals surface area contributed by atoms with Gasteiger partial charge in [0.05, 0.1) is 28.8 Å². The molecule has 2 aromatic rings. The number of hydrogen-bond acceptors (Lipinski definition) is 7. The Kier molecular flexibility index (Phi) is 9.13. The number of carbonyl (C=O) groups is 2. The van der Waals surface area contributed by atoms with E-state index in [1.807, 2.05) is 12.1 Å².